The molecule has 1 saturated carbocycles. The zero-order valence-electron chi connectivity index (χ0n) is 13.8. The van der Waals surface area contributed by atoms with Crippen LogP contribution in [0.5, 0.6) is 5.75 Å². The maximum Gasteiger partial charge on any atom is 0.243 e. The van der Waals surface area contributed by atoms with Crippen molar-refractivity contribution in [2.24, 2.45) is 5.92 Å². The standard InChI is InChI=1S/C17H25NO4S/c1-3-21-17-7-6-16(10-13(17)2)23(19,20)18-9-8-15(11-18)22-12-14-4-5-14/h6-7,10,14-15H,3-5,8-9,11-12H2,1-2H3. The van der Waals surface area contributed by atoms with Crippen molar-refractivity contribution in [1.29, 1.82) is 0 Å². The molecule has 128 valence electrons. The van der Waals surface area contributed by atoms with Gasteiger partial charge < -0.3 is 9.47 Å². The van der Waals surface area contributed by atoms with E-state index in [1.165, 1.54) is 12.8 Å². The highest BCUT2D eigenvalue weighted by Crippen LogP contribution is 2.31. The maximum absolute atomic E-state index is 12.8. The first-order valence-corrected chi connectivity index (χ1v) is 9.80. The highest BCUT2D eigenvalue weighted by Gasteiger charge is 2.34. The summed E-state index contributed by atoms with van der Waals surface area (Å²) in [5, 5.41) is 0. The van der Waals surface area contributed by atoms with Crippen LogP contribution in [0.15, 0.2) is 23.1 Å². The molecule has 1 aromatic carbocycles. The van der Waals surface area contributed by atoms with E-state index in [2.05, 4.69) is 0 Å². The number of hydrogen-bond acceptors (Lipinski definition) is 4. The van der Waals surface area contributed by atoms with E-state index in [1.807, 2.05) is 13.8 Å². The Morgan fingerprint density at radius 2 is 2.04 bits per heavy atom. The minimum Gasteiger partial charge on any atom is -0.494 e. The lowest BCUT2D eigenvalue weighted by molar-refractivity contribution is 0.0561. The van der Waals surface area contributed by atoms with Crippen molar-refractivity contribution in [2.45, 2.75) is 44.1 Å². The summed E-state index contributed by atoms with van der Waals surface area (Å²) >= 11 is 0. The van der Waals surface area contributed by atoms with Crippen LogP contribution in [-0.2, 0) is 14.8 Å². The van der Waals surface area contributed by atoms with E-state index in [-0.39, 0.29) is 6.10 Å². The zero-order chi connectivity index (χ0) is 16.4. The van der Waals surface area contributed by atoms with Gasteiger partial charge in [0.15, 0.2) is 0 Å². The molecular weight excluding hydrogens is 314 g/mol. The van der Waals surface area contributed by atoms with Crippen LogP contribution in [0, 0.1) is 12.8 Å². The van der Waals surface area contributed by atoms with Crippen molar-refractivity contribution in [3.63, 3.8) is 0 Å². The molecule has 0 N–H and O–H groups in total. The number of sulfonamides is 1. The second-order valence-corrected chi connectivity index (χ2v) is 8.35. The van der Waals surface area contributed by atoms with E-state index < -0.39 is 10.0 Å². The first-order valence-electron chi connectivity index (χ1n) is 8.36. The van der Waals surface area contributed by atoms with Gasteiger partial charge >= 0.3 is 0 Å². The molecule has 0 bridgehead atoms. The molecule has 0 radical (unpaired) electrons. The molecule has 1 aliphatic carbocycles. The lowest BCUT2D eigenvalue weighted by Crippen LogP contribution is -2.30. The van der Waals surface area contributed by atoms with Crippen molar-refractivity contribution in [1.82, 2.24) is 4.31 Å². The first kappa shape index (κ1) is 16.7. The summed E-state index contributed by atoms with van der Waals surface area (Å²) in [5.74, 6) is 1.44. The molecule has 6 heteroatoms. The lowest BCUT2D eigenvalue weighted by Gasteiger charge is -2.18. The topological polar surface area (TPSA) is 55.8 Å². The van der Waals surface area contributed by atoms with Crippen LogP contribution in [0.2, 0.25) is 0 Å². The third-order valence-corrected chi connectivity index (χ3v) is 6.32. The van der Waals surface area contributed by atoms with Crippen LogP contribution >= 0.6 is 0 Å². The smallest absolute Gasteiger partial charge is 0.243 e. The predicted octanol–water partition coefficient (Wildman–Crippen LogP) is 2.58. The number of benzene rings is 1. The van der Waals surface area contributed by atoms with Crippen molar-refractivity contribution >= 4 is 10.0 Å². The SMILES string of the molecule is CCOc1ccc(S(=O)(=O)N2CCC(OCC3CC3)C2)cc1C. The van der Waals surface area contributed by atoms with Crippen LogP contribution in [0.1, 0.15) is 31.7 Å². The zero-order valence-corrected chi connectivity index (χ0v) is 14.6. The van der Waals surface area contributed by atoms with Gasteiger partial charge in [-0.15, -0.1) is 0 Å². The van der Waals surface area contributed by atoms with E-state index in [0.717, 1.165) is 24.3 Å². The van der Waals surface area contributed by atoms with E-state index in [1.54, 1.807) is 22.5 Å². The molecule has 1 aliphatic heterocycles. The van der Waals surface area contributed by atoms with E-state index in [4.69, 9.17) is 9.47 Å². The summed E-state index contributed by atoms with van der Waals surface area (Å²) in [6.45, 7) is 6.12. The predicted molar refractivity (Wildman–Crippen MR) is 88.2 cm³/mol. The maximum atomic E-state index is 12.8. The summed E-state index contributed by atoms with van der Waals surface area (Å²) in [4.78, 5) is 0.335. The van der Waals surface area contributed by atoms with Crippen LogP contribution < -0.4 is 4.74 Å². The molecule has 2 aliphatic rings. The number of nitrogens with zero attached hydrogens (tertiary/aromatic N) is 1. The van der Waals surface area contributed by atoms with E-state index in [9.17, 15) is 8.42 Å². The Hall–Kier alpha value is -1.11. The average molecular weight is 339 g/mol. The molecule has 0 spiro atoms. The third-order valence-electron chi connectivity index (χ3n) is 4.46. The molecule has 1 saturated heterocycles. The largest absolute Gasteiger partial charge is 0.494 e. The normalized spacial score (nSPS) is 22.4. The second kappa shape index (κ2) is 6.79. The summed E-state index contributed by atoms with van der Waals surface area (Å²) in [6.07, 6.45) is 3.32. The van der Waals surface area contributed by atoms with E-state index >= 15 is 0 Å². The Kier molecular flexibility index (Phi) is 4.94. The molecule has 5 nitrogen and oxygen atoms in total. The highest BCUT2D eigenvalue weighted by atomic mass is 32.2. The molecule has 2 fully saturated rings. The van der Waals surface area contributed by atoms with Crippen molar-refractivity contribution in [3.05, 3.63) is 23.8 Å². The second-order valence-electron chi connectivity index (χ2n) is 6.41. The fraction of sp³-hybridized carbons (Fsp3) is 0.647. The average Bonchev–Trinajstić information content (AvgIpc) is 3.23. The monoisotopic (exact) mass is 339 g/mol. The van der Waals surface area contributed by atoms with Gasteiger partial charge in [-0.25, -0.2) is 8.42 Å². The van der Waals surface area contributed by atoms with Gasteiger partial charge in [-0.1, -0.05) is 0 Å². The molecule has 1 heterocycles. The summed E-state index contributed by atoms with van der Waals surface area (Å²) in [7, 11) is -3.45. The van der Waals surface area contributed by atoms with Gasteiger partial charge in [0.2, 0.25) is 10.0 Å². The minimum atomic E-state index is -3.45. The Morgan fingerprint density at radius 3 is 2.70 bits per heavy atom. The quantitative estimate of drug-likeness (QED) is 0.766. The van der Waals surface area contributed by atoms with E-state index in [0.29, 0.717) is 30.5 Å². The fourth-order valence-corrected chi connectivity index (χ4v) is 4.43. The Balaban J connectivity index is 1.67. The van der Waals surface area contributed by atoms with Crippen LogP contribution in [0.4, 0.5) is 0 Å². The van der Waals surface area contributed by atoms with Gasteiger partial charge in [-0.05, 0) is 62.8 Å². The Labute approximate surface area is 138 Å². The highest BCUT2D eigenvalue weighted by molar-refractivity contribution is 7.89. The Bertz CT molecular complexity index is 655. The lowest BCUT2D eigenvalue weighted by atomic mass is 10.2. The van der Waals surface area contributed by atoms with Crippen LogP contribution in [0.3, 0.4) is 0 Å². The third kappa shape index (κ3) is 3.87. The van der Waals surface area contributed by atoms with Crippen molar-refractivity contribution < 1.29 is 17.9 Å². The van der Waals surface area contributed by atoms with Crippen LogP contribution in [0.25, 0.3) is 0 Å². The number of aryl methyl sites for hydroxylation is 1. The van der Waals surface area contributed by atoms with Gasteiger partial charge in [0.1, 0.15) is 5.75 Å². The molecule has 1 unspecified atom stereocenters. The summed E-state index contributed by atoms with van der Waals surface area (Å²) in [6, 6.07) is 5.06. The first-order chi connectivity index (χ1) is 11.0. The van der Waals surface area contributed by atoms with Crippen molar-refractivity contribution in [2.75, 3.05) is 26.3 Å². The number of ether oxygens (including phenoxy) is 2. The van der Waals surface area contributed by atoms with Crippen molar-refractivity contribution in [3.8, 4) is 5.75 Å². The summed E-state index contributed by atoms with van der Waals surface area (Å²) < 4.78 is 38.4. The summed E-state index contributed by atoms with van der Waals surface area (Å²) in [5.41, 5.74) is 0.841. The molecule has 0 amide bonds. The number of hydrogen-bond donors (Lipinski definition) is 0. The van der Waals surface area contributed by atoms with Gasteiger partial charge in [0.25, 0.3) is 0 Å². The molecule has 3 rings (SSSR count). The number of rotatable bonds is 7. The molecule has 1 atom stereocenters. The van der Waals surface area contributed by atoms with Gasteiger partial charge in [0, 0.05) is 19.7 Å². The fourth-order valence-electron chi connectivity index (χ4n) is 2.86. The van der Waals surface area contributed by atoms with Crippen LogP contribution in [-0.4, -0.2) is 45.1 Å². The Morgan fingerprint density at radius 1 is 1.26 bits per heavy atom. The molecular formula is C17H25NO4S. The molecule has 23 heavy (non-hydrogen) atoms. The van der Waals surface area contributed by atoms with Gasteiger partial charge in [-0.2, -0.15) is 4.31 Å². The van der Waals surface area contributed by atoms with Gasteiger partial charge in [0.05, 0.1) is 17.6 Å². The van der Waals surface area contributed by atoms with Gasteiger partial charge in [-0.3, -0.25) is 0 Å². The minimum absolute atomic E-state index is 0.0363. The molecule has 1 aromatic rings. The molecule has 0 aromatic heterocycles.